The van der Waals surface area contributed by atoms with E-state index < -0.39 is 5.60 Å². The van der Waals surface area contributed by atoms with E-state index in [-0.39, 0.29) is 18.1 Å². The maximum atomic E-state index is 12.5. The fourth-order valence-electron chi connectivity index (χ4n) is 4.16. The van der Waals surface area contributed by atoms with Gasteiger partial charge in [0.2, 0.25) is 0 Å². The third-order valence-electron chi connectivity index (χ3n) is 5.68. The Bertz CT molecular complexity index is 990. The first kappa shape index (κ1) is 21.6. The quantitative estimate of drug-likeness (QED) is 0.754. The molecule has 1 fully saturated rings. The lowest BCUT2D eigenvalue weighted by Crippen LogP contribution is -2.43. The zero-order valence-corrected chi connectivity index (χ0v) is 18.6. The molecule has 2 aromatic carbocycles. The maximum absolute atomic E-state index is 12.5. The number of hydrogen-bond acceptors (Lipinski definition) is 4. The molecule has 2 aliphatic heterocycles. The molecule has 2 atom stereocenters. The van der Waals surface area contributed by atoms with Crippen molar-refractivity contribution >= 4 is 16.9 Å². The Labute approximate surface area is 184 Å². The third-order valence-corrected chi connectivity index (χ3v) is 5.68. The molecule has 1 amide bonds. The molecule has 0 aliphatic carbocycles. The summed E-state index contributed by atoms with van der Waals surface area (Å²) in [6, 6.07) is 14.9. The Balaban J connectivity index is 1.45. The third kappa shape index (κ3) is 5.54. The van der Waals surface area contributed by atoms with Crippen molar-refractivity contribution < 1.29 is 14.3 Å². The van der Waals surface area contributed by atoms with Gasteiger partial charge in [-0.1, -0.05) is 48.6 Å². The summed E-state index contributed by atoms with van der Waals surface area (Å²) in [5.41, 5.74) is 1.79. The van der Waals surface area contributed by atoms with E-state index in [0.717, 1.165) is 25.1 Å². The highest BCUT2D eigenvalue weighted by Crippen LogP contribution is 2.29. The van der Waals surface area contributed by atoms with E-state index in [9.17, 15) is 4.79 Å². The molecule has 2 unspecified atom stereocenters. The van der Waals surface area contributed by atoms with Crippen molar-refractivity contribution in [3.05, 3.63) is 72.0 Å². The van der Waals surface area contributed by atoms with Crippen molar-refractivity contribution in [1.82, 2.24) is 10.2 Å². The lowest BCUT2D eigenvalue weighted by atomic mass is 9.86. The number of fused-ring (bicyclic) bond motifs is 1. The number of piperidine rings is 1. The summed E-state index contributed by atoms with van der Waals surface area (Å²) in [7, 11) is 0. The van der Waals surface area contributed by atoms with Crippen molar-refractivity contribution in [2.24, 2.45) is 5.92 Å². The zero-order valence-electron chi connectivity index (χ0n) is 18.6. The summed E-state index contributed by atoms with van der Waals surface area (Å²) in [6.07, 6.45) is 6.81. The van der Waals surface area contributed by atoms with E-state index >= 15 is 0 Å². The van der Waals surface area contributed by atoms with Gasteiger partial charge in [0, 0.05) is 25.2 Å². The molecular formula is C26H32N2O3. The molecule has 164 valence electrons. The second-order valence-electron chi connectivity index (χ2n) is 9.29. The van der Waals surface area contributed by atoms with E-state index in [1.807, 2.05) is 33.0 Å². The number of nitrogens with one attached hydrogen (secondary N) is 1. The molecule has 4 rings (SSSR count). The lowest BCUT2D eigenvalue weighted by molar-refractivity contribution is -0.00138. The van der Waals surface area contributed by atoms with Gasteiger partial charge in [0.1, 0.15) is 5.60 Å². The summed E-state index contributed by atoms with van der Waals surface area (Å²) in [5.74, 6) is 0.239. The minimum absolute atomic E-state index is 0.0507. The van der Waals surface area contributed by atoms with Crippen LogP contribution in [0.3, 0.4) is 0 Å². The number of nitrogens with zero attached hydrogens (tertiary/aromatic N) is 1. The first-order valence-electron chi connectivity index (χ1n) is 11.1. The highest BCUT2D eigenvalue weighted by atomic mass is 16.6. The Morgan fingerprint density at radius 2 is 1.97 bits per heavy atom. The van der Waals surface area contributed by atoms with Crippen molar-refractivity contribution in [1.29, 1.82) is 0 Å². The minimum Gasteiger partial charge on any atom is -0.443 e. The van der Waals surface area contributed by atoms with Crippen molar-refractivity contribution in [3.8, 4) is 0 Å². The predicted octanol–water partition coefficient (Wildman–Crippen LogP) is 5.03. The van der Waals surface area contributed by atoms with Crippen LogP contribution in [-0.2, 0) is 16.1 Å². The lowest BCUT2D eigenvalue weighted by Gasteiger charge is -2.35. The zero-order chi connectivity index (χ0) is 21.8. The van der Waals surface area contributed by atoms with E-state index in [0.29, 0.717) is 13.2 Å². The van der Waals surface area contributed by atoms with Crippen LogP contribution in [0.15, 0.2) is 66.4 Å². The number of ether oxygens (including phenoxy) is 2. The van der Waals surface area contributed by atoms with Crippen LogP contribution in [-0.4, -0.2) is 42.3 Å². The van der Waals surface area contributed by atoms with Crippen molar-refractivity contribution in [2.75, 3.05) is 19.6 Å². The van der Waals surface area contributed by atoms with Crippen LogP contribution in [0.1, 0.15) is 32.8 Å². The molecule has 2 heterocycles. The Kier molecular flexibility index (Phi) is 6.44. The number of carbonyl (C=O) groups is 1. The molecule has 5 nitrogen and oxygen atoms in total. The molecule has 31 heavy (non-hydrogen) atoms. The molecule has 0 saturated carbocycles. The number of amides is 1. The fourth-order valence-corrected chi connectivity index (χ4v) is 4.16. The highest BCUT2D eigenvalue weighted by molar-refractivity contribution is 5.82. The smallest absolute Gasteiger partial charge is 0.414 e. The minimum atomic E-state index is -0.507. The molecule has 2 aliphatic rings. The largest absolute Gasteiger partial charge is 0.443 e. The number of rotatable bonds is 4. The van der Waals surface area contributed by atoms with Crippen molar-refractivity contribution in [2.45, 2.75) is 45.5 Å². The second-order valence-corrected chi connectivity index (χ2v) is 9.29. The van der Waals surface area contributed by atoms with Gasteiger partial charge in [-0.3, -0.25) is 4.90 Å². The normalized spacial score (nSPS) is 21.8. The van der Waals surface area contributed by atoms with E-state index in [2.05, 4.69) is 53.9 Å². The van der Waals surface area contributed by atoms with Gasteiger partial charge in [-0.05, 0) is 61.7 Å². The molecule has 2 aromatic rings. The van der Waals surface area contributed by atoms with Gasteiger partial charge in [-0.2, -0.15) is 0 Å². The van der Waals surface area contributed by atoms with Gasteiger partial charge in [0.15, 0.2) is 0 Å². The molecule has 0 aromatic heterocycles. The van der Waals surface area contributed by atoms with E-state index in [1.54, 1.807) is 4.90 Å². The van der Waals surface area contributed by atoms with Crippen LogP contribution >= 0.6 is 0 Å². The average molecular weight is 421 g/mol. The molecule has 1 saturated heterocycles. The van der Waals surface area contributed by atoms with Gasteiger partial charge in [-0.15, -0.1) is 0 Å². The summed E-state index contributed by atoms with van der Waals surface area (Å²) in [4.78, 5) is 14.2. The SMILES string of the molecule is CC(C)(C)OC(=O)N1C=C(C2CCNCC2OCc2ccc3ccccc3c2)C=CC1. The Morgan fingerprint density at radius 3 is 2.77 bits per heavy atom. The summed E-state index contributed by atoms with van der Waals surface area (Å²) in [5, 5.41) is 5.92. The topological polar surface area (TPSA) is 50.8 Å². The molecule has 0 spiro atoms. The number of hydrogen-bond donors (Lipinski definition) is 1. The average Bonchev–Trinajstić information content (AvgIpc) is 2.77. The van der Waals surface area contributed by atoms with Crippen LogP contribution in [0.5, 0.6) is 0 Å². The summed E-state index contributed by atoms with van der Waals surface area (Å²) in [6.45, 7) is 8.51. The second kappa shape index (κ2) is 9.25. The molecule has 1 N–H and O–H groups in total. The Hall–Kier alpha value is -2.63. The van der Waals surface area contributed by atoms with Gasteiger partial charge >= 0.3 is 6.09 Å². The van der Waals surface area contributed by atoms with Crippen LogP contribution in [0.4, 0.5) is 4.79 Å². The standard InChI is InChI=1S/C26H32N2O3/c1-26(2,3)31-25(29)28-14-6-9-22(17-28)23-12-13-27-16-24(23)30-18-19-10-11-20-7-4-5-8-21(20)15-19/h4-11,15,17,23-24,27H,12-14,16,18H2,1-3H3. The summed E-state index contributed by atoms with van der Waals surface area (Å²) < 4.78 is 11.9. The maximum Gasteiger partial charge on any atom is 0.414 e. The van der Waals surface area contributed by atoms with Crippen LogP contribution in [0, 0.1) is 5.92 Å². The van der Waals surface area contributed by atoms with Crippen LogP contribution < -0.4 is 5.32 Å². The fraction of sp³-hybridized carbons (Fsp3) is 0.423. The number of carbonyl (C=O) groups excluding carboxylic acids is 1. The van der Waals surface area contributed by atoms with Gasteiger partial charge in [0.05, 0.1) is 12.7 Å². The number of allylic oxidation sites excluding steroid dienone is 1. The van der Waals surface area contributed by atoms with Gasteiger partial charge < -0.3 is 14.8 Å². The van der Waals surface area contributed by atoms with Crippen molar-refractivity contribution in [3.63, 3.8) is 0 Å². The highest BCUT2D eigenvalue weighted by Gasteiger charge is 2.30. The molecular weight excluding hydrogens is 388 g/mol. The molecule has 5 heteroatoms. The first-order valence-corrected chi connectivity index (χ1v) is 11.1. The predicted molar refractivity (Wildman–Crippen MR) is 124 cm³/mol. The monoisotopic (exact) mass is 420 g/mol. The summed E-state index contributed by atoms with van der Waals surface area (Å²) >= 11 is 0. The Morgan fingerprint density at radius 1 is 1.16 bits per heavy atom. The van der Waals surface area contributed by atoms with Crippen LogP contribution in [0.2, 0.25) is 0 Å². The first-order chi connectivity index (χ1) is 14.9. The number of benzene rings is 2. The van der Waals surface area contributed by atoms with Gasteiger partial charge in [-0.25, -0.2) is 4.79 Å². The van der Waals surface area contributed by atoms with E-state index in [1.165, 1.54) is 16.3 Å². The molecule has 0 bridgehead atoms. The van der Waals surface area contributed by atoms with E-state index in [4.69, 9.17) is 9.47 Å². The van der Waals surface area contributed by atoms with Gasteiger partial charge in [0.25, 0.3) is 0 Å². The molecule has 0 radical (unpaired) electrons. The van der Waals surface area contributed by atoms with Crippen LogP contribution in [0.25, 0.3) is 10.8 Å².